The summed E-state index contributed by atoms with van der Waals surface area (Å²) in [5.74, 6) is -0.0553. The molecule has 0 spiro atoms. The molecular formula is C23H33N3O6. The zero-order chi connectivity index (χ0) is 23.4. The van der Waals surface area contributed by atoms with Crippen molar-refractivity contribution in [2.75, 3.05) is 13.1 Å². The van der Waals surface area contributed by atoms with Gasteiger partial charge in [0.1, 0.15) is 11.8 Å². The van der Waals surface area contributed by atoms with Crippen molar-refractivity contribution < 1.29 is 29.4 Å². The van der Waals surface area contributed by atoms with E-state index in [1.807, 2.05) is 6.92 Å². The van der Waals surface area contributed by atoms with Crippen LogP contribution in [0.4, 0.5) is 4.79 Å². The summed E-state index contributed by atoms with van der Waals surface area (Å²) >= 11 is 0. The van der Waals surface area contributed by atoms with Crippen molar-refractivity contribution in [3.05, 3.63) is 29.8 Å². The Balaban J connectivity index is 1.96. The molecule has 3 unspecified atom stereocenters. The maximum atomic E-state index is 13.5. The first kappa shape index (κ1) is 23.8. The summed E-state index contributed by atoms with van der Waals surface area (Å²) in [7, 11) is 0. The number of carboxylic acid groups (broad SMARTS) is 1. The van der Waals surface area contributed by atoms with E-state index in [0.717, 1.165) is 23.5 Å². The average Bonchev–Trinajstić information content (AvgIpc) is 2.75. The van der Waals surface area contributed by atoms with E-state index in [1.54, 1.807) is 17.0 Å². The van der Waals surface area contributed by atoms with Gasteiger partial charge in [-0.25, -0.2) is 4.79 Å². The van der Waals surface area contributed by atoms with Crippen molar-refractivity contribution in [1.82, 2.24) is 14.9 Å². The van der Waals surface area contributed by atoms with Gasteiger partial charge in [0.15, 0.2) is 12.3 Å². The molecule has 3 amide bonds. The maximum Gasteiger partial charge on any atom is 0.433 e. The molecule has 2 aliphatic heterocycles. The van der Waals surface area contributed by atoms with Crippen molar-refractivity contribution in [2.45, 2.75) is 71.2 Å². The highest BCUT2D eigenvalue weighted by atomic mass is 16.7. The van der Waals surface area contributed by atoms with Gasteiger partial charge in [0.25, 0.3) is 5.91 Å². The first-order chi connectivity index (χ1) is 15.2. The summed E-state index contributed by atoms with van der Waals surface area (Å²) in [6, 6.07) is 5.64. The number of carbonyl (C=O) groups excluding carboxylic acids is 2. The van der Waals surface area contributed by atoms with Gasteiger partial charge in [-0.15, -0.1) is 0 Å². The molecule has 1 aromatic rings. The quantitative estimate of drug-likeness (QED) is 0.634. The second-order valence-electron chi connectivity index (χ2n) is 8.92. The number of phenolic OH excluding ortho intramolecular Hbond substituents is 1. The van der Waals surface area contributed by atoms with Gasteiger partial charge in [-0.2, -0.15) is 5.06 Å². The van der Waals surface area contributed by atoms with Gasteiger partial charge < -0.3 is 20.0 Å². The van der Waals surface area contributed by atoms with Gasteiger partial charge in [-0.3, -0.25) is 14.4 Å². The topological polar surface area (TPSA) is 111 Å². The second-order valence-corrected chi connectivity index (χ2v) is 8.92. The SMILES string of the molecule is CCCCC1ON(C(=O)O)C2CN(CCC(C)C)C(=O)C(Cc3ccc(O)cc3)N2C1=O. The number of hydrogen-bond donors (Lipinski definition) is 2. The molecule has 0 aliphatic carbocycles. The third-order valence-electron chi connectivity index (χ3n) is 6.03. The summed E-state index contributed by atoms with van der Waals surface area (Å²) in [6.07, 6.45) is -0.180. The third-order valence-corrected chi connectivity index (χ3v) is 6.03. The van der Waals surface area contributed by atoms with Crippen LogP contribution in [0.15, 0.2) is 24.3 Å². The highest BCUT2D eigenvalue weighted by molar-refractivity contribution is 5.92. The molecule has 3 atom stereocenters. The Bertz CT molecular complexity index is 828. The van der Waals surface area contributed by atoms with Crippen molar-refractivity contribution in [3.63, 3.8) is 0 Å². The molecule has 0 aromatic heterocycles. The van der Waals surface area contributed by atoms with E-state index in [9.17, 15) is 24.6 Å². The number of carbonyl (C=O) groups is 3. The van der Waals surface area contributed by atoms with Crippen LogP contribution in [0.25, 0.3) is 0 Å². The molecule has 2 aliphatic rings. The van der Waals surface area contributed by atoms with Gasteiger partial charge in [-0.1, -0.05) is 45.7 Å². The van der Waals surface area contributed by atoms with E-state index < -0.39 is 24.4 Å². The fraction of sp³-hybridized carbons (Fsp3) is 0.609. The Morgan fingerprint density at radius 2 is 1.88 bits per heavy atom. The minimum atomic E-state index is -1.28. The summed E-state index contributed by atoms with van der Waals surface area (Å²) in [5, 5.41) is 20.3. The van der Waals surface area contributed by atoms with Crippen LogP contribution < -0.4 is 0 Å². The van der Waals surface area contributed by atoms with Crippen LogP contribution in [0.2, 0.25) is 0 Å². The molecule has 2 heterocycles. The lowest BCUT2D eigenvalue weighted by Crippen LogP contribution is -2.73. The number of hydrogen-bond acceptors (Lipinski definition) is 5. The summed E-state index contributed by atoms with van der Waals surface area (Å²) in [6.45, 7) is 6.66. The highest BCUT2D eigenvalue weighted by Crippen LogP contribution is 2.31. The number of amides is 3. The molecular weight excluding hydrogens is 414 g/mol. The van der Waals surface area contributed by atoms with Crippen molar-refractivity contribution in [2.24, 2.45) is 5.92 Å². The Kier molecular flexibility index (Phi) is 7.60. The fourth-order valence-corrected chi connectivity index (χ4v) is 4.21. The van der Waals surface area contributed by atoms with Crippen molar-refractivity contribution in [1.29, 1.82) is 0 Å². The lowest BCUT2D eigenvalue weighted by atomic mass is 9.97. The number of benzene rings is 1. The zero-order valence-electron chi connectivity index (χ0n) is 18.9. The number of unbranched alkanes of at least 4 members (excludes halogenated alkanes) is 1. The molecule has 2 N–H and O–H groups in total. The van der Waals surface area contributed by atoms with Gasteiger partial charge in [0.05, 0.1) is 6.54 Å². The minimum Gasteiger partial charge on any atom is -0.508 e. The Labute approximate surface area is 188 Å². The number of fused-ring (bicyclic) bond motifs is 1. The summed E-state index contributed by atoms with van der Waals surface area (Å²) < 4.78 is 0. The van der Waals surface area contributed by atoms with Crippen LogP contribution in [-0.2, 0) is 20.8 Å². The van der Waals surface area contributed by atoms with Gasteiger partial charge in [0, 0.05) is 13.0 Å². The second kappa shape index (κ2) is 10.2. The van der Waals surface area contributed by atoms with E-state index in [0.29, 0.717) is 25.3 Å². The number of aromatic hydroxyl groups is 1. The predicted octanol–water partition coefficient (Wildman–Crippen LogP) is 2.83. The van der Waals surface area contributed by atoms with E-state index in [4.69, 9.17) is 4.84 Å². The molecule has 2 saturated heterocycles. The largest absolute Gasteiger partial charge is 0.508 e. The maximum absolute atomic E-state index is 13.5. The van der Waals surface area contributed by atoms with E-state index >= 15 is 0 Å². The molecule has 3 rings (SSSR count). The first-order valence-electron chi connectivity index (χ1n) is 11.3. The lowest BCUT2D eigenvalue weighted by molar-refractivity contribution is -0.265. The number of phenols is 1. The Morgan fingerprint density at radius 1 is 1.19 bits per heavy atom. The van der Waals surface area contributed by atoms with Crippen molar-refractivity contribution >= 4 is 17.9 Å². The molecule has 1 aromatic carbocycles. The number of hydroxylamine groups is 2. The zero-order valence-corrected chi connectivity index (χ0v) is 18.9. The van der Waals surface area contributed by atoms with Crippen LogP contribution in [0, 0.1) is 5.92 Å². The average molecular weight is 448 g/mol. The molecule has 2 fully saturated rings. The minimum absolute atomic E-state index is 0.0795. The molecule has 176 valence electrons. The van der Waals surface area contributed by atoms with Gasteiger partial charge in [0.2, 0.25) is 5.91 Å². The fourth-order valence-electron chi connectivity index (χ4n) is 4.21. The van der Waals surface area contributed by atoms with Gasteiger partial charge in [-0.05, 0) is 36.5 Å². The van der Waals surface area contributed by atoms with Crippen LogP contribution in [0.1, 0.15) is 52.0 Å². The van der Waals surface area contributed by atoms with E-state index in [1.165, 1.54) is 17.0 Å². The molecule has 9 heteroatoms. The Hall–Kier alpha value is -2.81. The van der Waals surface area contributed by atoms with E-state index in [-0.39, 0.29) is 30.5 Å². The molecule has 9 nitrogen and oxygen atoms in total. The van der Waals surface area contributed by atoms with Gasteiger partial charge >= 0.3 is 6.09 Å². The van der Waals surface area contributed by atoms with Crippen LogP contribution >= 0.6 is 0 Å². The molecule has 0 radical (unpaired) electrons. The summed E-state index contributed by atoms with van der Waals surface area (Å²) in [4.78, 5) is 47.6. The summed E-state index contributed by atoms with van der Waals surface area (Å²) in [5.41, 5.74) is 0.775. The predicted molar refractivity (Wildman–Crippen MR) is 117 cm³/mol. The third kappa shape index (κ3) is 5.15. The smallest absolute Gasteiger partial charge is 0.433 e. The Morgan fingerprint density at radius 3 is 2.47 bits per heavy atom. The van der Waals surface area contributed by atoms with Crippen molar-refractivity contribution in [3.8, 4) is 5.75 Å². The molecule has 0 bridgehead atoms. The van der Waals surface area contributed by atoms with E-state index in [2.05, 4.69) is 13.8 Å². The van der Waals surface area contributed by atoms with Crippen LogP contribution in [0.3, 0.4) is 0 Å². The first-order valence-corrected chi connectivity index (χ1v) is 11.3. The monoisotopic (exact) mass is 447 g/mol. The lowest BCUT2D eigenvalue weighted by Gasteiger charge is -2.52. The molecule has 0 saturated carbocycles. The normalized spacial score (nSPS) is 23.6. The highest BCUT2D eigenvalue weighted by Gasteiger charge is 2.52. The standard InChI is InChI=1S/C23H33N3O6/c1-4-5-6-19-22(29)25-18(13-16-7-9-17(27)10-8-16)21(28)24(12-11-15(2)3)14-20(25)26(32-19)23(30)31/h7-10,15,18-20,27H,4-6,11-14H2,1-3H3,(H,30,31). The number of piperazine rings is 1. The molecule has 32 heavy (non-hydrogen) atoms. The van der Waals surface area contributed by atoms with Crippen LogP contribution in [-0.4, -0.2) is 74.4 Å². The number of rotatable bonds is 8. The van der Waals surface area contributed by atoms with Crippen LogP contribution in [0.5, 0.6) is 5.75 Å². The number of nitrogens with zero attached hydrogens (tertiary/aromatic N) is 3.